The molecule has 1 rings (SSSR count). The van der Waals surface area contributed by atoms with Gasteiger partial charge in [-0.25, -0.2) is 4.79 Å². The van der Waals surface area contributed by atoms with E-state index >= 15 is 0 Å². The van der Waals surface area contributed by atoms with Gasteiger partial charge in [0.15, 0.2) is 0 Å². The lowest BCUT2D eigenvalue weighted by Crippen LogP contribution is -2.41. The molecular formula is C9H18N2O. The van der Waals surface area contributed by atoms with Crippen molar-refractivity contribution < 1.29 is 4.79 Å². The Bertz CT molecular complexity index is 145. The van der Waals surface area contributed by atoms with E-state index < -0.39 is 0 Å². The van der Waals surface area contributed by atoms with Crippen LogP contribution in [-0.2, 0) is 0 Å². The Morgan fingerprint density at radius 2 is 1.75 bits per heavy atom. The molecule has 0 aromatic rings. The number of hydrogen-bond acceptors (Lipinski definition) is 1. The first-order valence-corrected chi connectivity index (χ1v) is 4.83. The maximum Gasteiger partial charge on any atom is 0.319 e. The number of carbonyl (C=O) groups excluding carboxylic acids is 1. The zero-order chi connectivity index (χ0) is 8.97. The monoisotopic (exact) mass is 170 g/mol. The third-order valence-electron chi connectivity index (χ3n) is 2.41. The summed E-state index contributed by atoms with van der Waals surface area (Å²) >= 11 is 0. The third-order valence-corrected chi connectivity index (χ3v) is 2.41. The minimum absolute atomic E-state index is 0.220. The van der Waals surface area contributed by atoms with Crippen LogP contribution in [0.3, 0.4) is 0 Å². The zero-order valence-electron chi connectivity index (χ0n) is 8.05. The molecule has 0 atom stereocenters. The van der Waals surface area contributed by atoms with Crippen molar-refractivity contribution >= 4 is 6.03 Å². The first-order valence-electron chi connectivity index (χ1n) is 4.83. The van der Waals surface area contributed by atoms with E-state index in [-0.39, 0.29) is 6.03 Å². The Balaban J connectivity index is 2.43. The largest absolute Gasteiger partial charge is 0.325 e. The molecule has 1 saturated heterocycles. The first kappa shape index (κ1) is 9.36. The van der Waals surface area contributed by atoms with Crippen LogP contribution in [0.2, 0.25) is 0 Å². The van der Waals surface area contributed by atoms with Crippen LogP contribution in [0.25, 0.3) is 0 Å². The van der Waals surface area contributed by atoms with Gasteiger partial charge in [-0.15, -0.1) is 0 Å². The van der Waals surface area contributed by atoms with Gasteiger partial charge >= 0.3 is 6.03 Å². The van der Waals surface area contributed by atoms with Gasteiger partial charge in [-0.3, -0.25) is 0 Å². The molecule has 0 saturated carbocycles. The van der Waals surface area contributed by atoms with Gasteiger partial charge < -0.3 is 9.80 Å². The second-order valence-corrected chi connectivity index (χ2v) is 3.15. The molecule has 0 bridgehead atoms. The molecule has 70 valence electrons. The molecule has 3 nitrogen and oxygen atoms in total. The predicted octanol–water partition coefficient (Wildman–Crippen LogP) is 1.54. The standard InChI is InChI=1S/C9H18N2O/c1-3-10(4-2)9(12)11-7-5-6-8-11/h3-8H2,1-2H3. The molecular weight excluding hydrogens is 152 g/mol. The highest BCUT2D eigenvalue weighted by Gasteiger charge is 2.21. The highest BCUT2D eigenvalue weighted by molar-refractivity contribution is 5.74. The summed E-state index contributed by atoms with van der Waals surface area (Å²) in [5.74, 6) is 0. The van der Waals surface area contributed by atoms with E-state index in [2.05, 4.69) is 0 Å². The van der Waals surface area contributed by atoms with Crippen molar-refractivity contribution in [3.63, 3.8) is 0 Å². The van der Waals surface area contributed by atoms with Crippen LogP contribution in [0.1, 0.15) is 26.7 Å². The molecule has 2 amide bonds. The average Bonchev–Trinajstić information content (AvgIpc) is 2.58. The fraction of sp³-hybridized carbons (Fsp3) is 0.889. The molecule has 1 aliphatic heterocycles. The van der Waals surface area contributed by atoms with E-state index in [1.165, 1.54) is 12.8 Å². The van der Waals surface area contributed by atoms with Crippen LogP contribution in [0.15, 0.2) is 0 Å². The highest BCUT2D eigenvalue weighted by Crippen LogP contribution is 2.09. The van der Waals surface area contributed by atoms with E-state index in [0.29, 0.717) is 0 Å². The van der Waals surface area contributed by atoms with Gasteiger partial charge in [0, 0.05) is 26.2 Å². The van der Waals surface area contributed by atoms with E-state index in [4.69, 9.17) is 0 Å². The van der Waals surface area contributed by atoms with Crippen molar-refractivity contribution in [2.75, 3.05) is 26.2 Å². The Morgan fingerprint density at radius 1 is 1.25 bits per heavy atom. The summed E-state index contributed by atoms with van der Waals surface area (Å²) < 4.78 is 0. The van der Waals surface area contributed by atoms with Crippen molar-refractivity contribution in [1.82, 2.24) is 9.80 Å². The third kappa shape index (κ3) is 1.90. The number of urea groups is 1. The highest BCUT2D eigenvalue weighted by atomic mass is 16.2. The maximum absolute atomic E-state index is 11.7. The molecule has 1 aliphatic rings. The molecule has 0 unspecified atom stereocenters. The Kier molecular flexibility index (Phi) is 3.38. The number of carbonyl (C=O) groups is 1. The van der Waals surface area contributed by atoms with Crippen molar-refractivity contribution in [2.24, 2.45) is 0 Å². The van der Waals surface area contributed by atoms with E-state index in [1.54, 1.807) is 0 Å². The van der Waals surface area contributed by atoms with Gasteiger partial charge in [0.2, 0.25) is 0 Å². The van der Waals surface area contributed by atoms with Gasteiger partial charge in [0.25, 0.3) is 0 Å². The summed E-state index contributed by atoms with van der Waals surface area (Å²) in [6, 6.07) is 0.220. The topological polar surface area (TPSA) is 23.6 Å². The molecule has 0 N–H and O–H groups in total. The van der Waals surface area contributed by atoms with Crippen molar-refractivity contribution in [1.29, 1.82) is 0 Å². The zero-order valence-corrected chi connectivity index (χ0v) is 8.05. The predicted molar refractivity (Wildman–Crippen MR) is 49.1 cm³/mol. The number of amides is 2. The van der Waals surface area contributed by atoms with Crippen LogP contribution >= 0.6 is 0 Å². The van der Waals surface area contributed by atoms with E-state index in [0.717, 1.165) is 26.2 Å². The summed E-state index contributed by atoms with van der Waals surface area (Å²) in [7, 11) is 0. The minimum atomic E-state index is 0.220. The number of hydrogen-bond donors (Lipinski definition) is 0. The van der Waals surface area contributed by atoms with Gasteiger partial charge in [-0.1, -0.05) is 0 Å². The van der Waals surface area contributed by atoms with Gasteiger partial charge in [-0.05, 0) is 26.7 Å². The summed E-state index contributed by atoms with van der Waals surface area (Å²) in [5, 5.41) is 0. The fourth-order valence-electron chi connectivity index (χ4n) is 1.60. The summed E-state index contributed by atoms with van der Waals surface area (Å²) in [6.45, 7) is 7.61. The number of likely N-dealkylation sites (tertiary alicyclic amines) is 1. The van der Waals surface area contributed by atoms with Crippen LogP contribution in [-0.4, -0.2) is 42.0 Å². The number of rotatable bonds is 2. The second-order valence-electron chi connectivity index (χ2n) is 3.15. The fourth-order valence-corrected chi connectivity index (χ4v) is 1.60. The molecule has 0 aromatic carbocycles. The Labute approximate surface area is 74.3 Å². The SMILES string of the molecule is CCN(CC)C(=O)N1CCCC1. The van der Waals surface area contributed by atoms with E-state index in [1.807, 2.05) is 23.6 Å². The molecule has 0 radical (unpaired) electrons. The minimum Gasteiger partial charge on any atom is -0.325 e. The molecule has 0 aliphatic carbocycles. The first-order chi connectivity index (χ1) is 5.79. The lowest BCUT2D eigenvalue weighted by Gasteiger charge is -2.25. The van der Waals surface area contributed by atoms with Gasteiger partial charge in [0.1, 0.15) is 0 Å². The average molecular weight is 170 g/mol. The summed E-state index contributed by atoms with van der Waals surface area (Å²) in [5.41, 5.74) is 0. The van der Waals surface area contributed by atoms with Gasteiger partial charge in [0.05, 0.1) is 0 Å². The lowest BCUT2D eigenvalue weighted by atomic mass is 10.4. The van der Waals surface area contributed by atoms with Crippen molar-refractivity contribution in [2.45, 2.75) is 26.7 Å². The molecule has 1 heterocycles. The normalized spacial score (nSPS) is 16.7. The lowest BCUT2D eigenvalue weighted by molar-refractivity contribution is 0.167. The van der Waals surface area contributed by atoms with Gasteiger partial charge in [-0.2, -0.15) is 0 Å². The van der Waals surface area contributed by atoms with Crippen LogP contribution in [0.5, 0.6) is 0 Å². The van der Waals surface area contributed by atoms with Crippen LogP contribution in [0.4, 0.5) is 4.79 Å². The second kappa shape index (κ2) is 4.33. The quantitative estimate of drug-likeness (QED) is 0.616. The Morgan fingerprint density at radius 3 is 2.17 bits per heavy atom. The maximum atomic E-state index is 11.7. The molecule has 12 heavy (non-hydrogen) atoms. The van der Waals surface area contributed by atoms with Crippen molar-refractivity contribution in [3.8, 4) is 0 Å². The smallest absolute Gasteiger partial charge is 0.319 e. The summed E-state index contributed by atoms with van der Waals surface area (Å²) in [4.78, 5) is 15.5. The molecule has 3 heteroatoms. The molecule has 1 fully saturated rings. The number of nitrogens with zero attached hydrogens (tertiary/aromatic N) is 2. The van der Waals surface area contributed by atoms with E-state index in [9.17, 15) is 4.79 Å². The van der Waals surface area contributed by atoms with Crippen LogP contribution in [0, 0.1) is 0 Å². The molecule has 0 spiro atoms. The summed E-state index contributed by atoms with van der Waals surface area (Å²) in [6.07, 6.45) is 2.35. The Hall–Kier alpha value is -0.730. The molecule has 0 aromatic heterocycles. The van der Waals surface area contributed by atoms with Crippen molar-refractivity contribution in [3.05, 3.63) is 0 Å². The van der Waals surface area contributed by atoms with Crippen LogP contribution < -0.4 is 0 Å².